The van der Waals surface area contributed by atoms with Gasteiger partial charge in [-0.2, -0.15) is 0 Å². The van der Waals surface area contributed by atoms with E-state index in [0.29, 0.717) is 6.61 Å². The summed E-state index contributed by atoms with van der Waals surface area (Å²) in [6.07, 6.45) is 3.58. The normalized spacial score (nSPS) is 16.7. The SMILES string of the molecule is COc1ccccc1OCCNCC1(OC)CCC1. The molecule has 0 bridgehead atoms. The van der Waals surface area contributed by atoms with Crippen molar-refractivity contribution in [2.24, 2.45) is 0 Å². The summed E-state index contributed by atoms with van der Waals surface area (Å²) in [4.78, 5) is 0. The van der Waals surface area contributed by atoms with E-state index in [1.807, 2.05) is 24.3 Å². The molecule has 4 heteroatoms. The van der Waals surface area contributed by atoms with E-state index in [-0.39, 0.29) is 5.60 Å². The third-order valence-corrected chi connectivity index (χ3v) is 3.75. The van der Waals surface area contributed by atoms with Gasteiger partial charge in [-0.15, -0.1) is 0 Å². The second-order valence-corrected chi connectivity index (χ2v) is 4.92. The minimum absolute atomic E-state index is 0.0738. The monoisotopic (exact) mass is 265 g/mol. The zero-order valence-electron chi connectivity index (χ0n) is 11.8. The third-order valence-electron chi connectivity index (χ3n) is 3.75. The van der Waals surface area contributed by atoms with Crippen LogP contribution in [0.4, 0.5) is 0 Å². The van der Waals surface area contributed by atoms with Gasteiger partial charge in [0.25, 0.3) is 0 Å². The Kier molecular flexibility index (Phi) is 5.05. The second-order valence-electron chi connectivity index (χ2n) is 4.92. The second kappa shape index (κ2) is 6.78. The van der Waals surface area contributed by atoms with E-state index >= 15 is 0 Å². The van der Waals surface area contributed by atoms with E-state index in [4.69, 9.17) is 14.2 Å². The van der Waals surface area contributed by atoms with Crippen LogP contribution in [0.3, 0.4) is 0 Å². The van der Waals surface area contributed by atoms with Gasteiger partial charge in [-0.25, -0.2) is 0 Å². The molecule has 1 fully saturated rings. The molecule has 0 amide bonds. The Balaban J connectivity index is 1.66. The van der Waals surface area contributed by atoms with E-state index < -0.39 is 0 Å². The Bertz CT molecular complexity index is 385. The van der Waals surface area contributed by atoms with Crippen molar-refractivity contribution in [1.29, 1.82) is 0 Å². The highest BCUT2D eigenvalue weighted by atomic mass is 16.5. The van der Waals surface area contributed by atoms with Crippen molar-refractivity contribution in [2.45, 2.75) is 24.9 Å². The van der Waals surface area contributed by atoms with Crippen LogP contribution < -0.4 is 14.8 Å². The van der Waals surface area contributed by atoms with E-state index in [1.165, 1.54) is 6.42 Å². The minimum Gasteiger partial charge on any atom is -0.493 e. The average molecular weight is 265 g/mol. The Morgan fingerprint density at radius 1 is 1.16 bits per heavy atom. The fraction of sp³-hybridized carbons (Fsp3) is 0.600. The van der Waals surface area contributed by atoms with Crippen LogP contribution in [-0.4, -0.2) is 39.5 Å². The minimum atomic E-state index is 0.0738. The quantitative estimate of drug-likeness (QED) is 0.732. The van der Waals surface area contributed by atoms with Crippen LogP contribution in [0.5, 0.6) is 11.5 Å². The van der Waals surface area contributed by atoms with Crippen LogP contribution in [0.1, 0.15) is 19.3 Å². The highest BCUT2D eigenvalue weighted by Gasteiger charge is 2.36. The van der Waals surface area contributed by atoms with Crippen LogP contribution in [0.2, 0.25) is 0 Å². The van der Waals surface area contributed by atoms with Gasteiger partial charge in [-0.3, -0.25) is 0 Å². The van der Waals surface area contributed by atoms with Crippen molar-refractivity contribution in [3.8, 4) is 11.5 Å². The van der Waals surface area contributed by atoms with Gasteiger partial charge >= 0.3 is 0 Å². The lowest BCUT2D eigenvalue weighted by Crippen LogP contribution is -2.48. The standard InChI is InChI=1S/C15H23NO3/c1-17-13-6-3-4-7-14(13)19-11-10-16-12-15(18-2)8-5-9-15/h3-4,6-7,16H,5,8-12H2,1-2H3. The number of para-hydroxylation sites is 2. The third kappa shape index (κ3) is 3.61. The van der Waals surface area contributed by atoms with Gasteiger partial charge in [-0.1, -0.05) is 12.1 Å². The smallest absolute Gasteiger partial charge is 0.161 e. The molecule has 0 heterocycles. The first kappa shape index (κ1) is 14.2. The van der Waals surface area contributed by atoms with Gasteiger partial charge in [-0.05, 0) is 31.4 Å². The van der Waals surface area contributed by atoms with Crippen molar-refractivity contribution in [1.82, 2.24) is 5.32 Å². The number of nitrogens with one attached hydrogen (secondary N) is 1. The lowest BCUT2D eigenvalue weighted by Gasteiger charge is -2.40. The molecule has 1 aromatic rings. The van der Waals surface area contributed by atoms with Crippen LogP contribution in [0, 0.1) is 0 Å². The van der Waals surface area contributed by atoms with E-state index in [1.54, 1.807) is 14.2 Å². The molecule has 1 aromatic carbocycles. The maximum absolute atomic E-state index is 5.70. The van der Waals surface area contributed by atoms with E-state index in [0.717, 1.165) is 37.4 Å². The first-order valence-electron chi connectivity index (χ1n) is 6.81. The number of methoxy groups -OCH3 is 2. The Morgan fingerprint density at radius 3 is 2.47 bits per heavy atom. The molecular formula is C15H23NO3. The van der Waals surface area contributed by atoms with Gasteiger partial charge in [0, 0.05) is 20.2 Å². The molecule has 1 aliphatic rings. The number of hydrogen-bond donors (Lipinski definition) is 1. The maximum atomic E-state index is 5.70. The largest absolute Gasteiger partial charge is 0.493 e. The fourth-order valence-electron chi connectivity index (χ4n) is 2.31. The Hall–Kier alpha value is -1.26. The molecule has 0 unspecified atom stereocenters. The molecule has 1 aliphatic carbocycles. The summed E-state index contributed by atoms with van der Waals surface area (Å²) in [5.74, 6) is 1.56. The summed E-state index contributed by atoms with van der Waals surface area (Å²) < 4.78 is 16.5. The number of benzene rings is 1. The van der Waals surface area contributed by atoms with Crippen molar-refractivity contribution in [2.75, 3.05) is 33.9 Å². The summed E-state index contributed by atoms with van der Waals surface area (Å²) in [5.41, 5.74) is 0.0738. The molecule has 0 aromatic heterocycles. The summed E-state index contributed by atoms with van der Waals surface area (Å²) in [6.45, 7) is 2.34. The molecule has 0 atom stereocenters. The topological polar surface area (TPSA) is 39.7 Å². The molecule has 1 saturated carbocycles. The van der Waals surface area contributed by atoms with Gasteiger partial charge in [0.1, 0.15) is 6.61 Å². The van der Waals surface area contributed by atoms with Crippen molar-refractivity contribution in [3.63, 3.8) is 0 Å². The zero-order valence-corrected chi connectivity index (χ0v) is 11.8. The van der Waals surface area contributed by atoms with Crippen LogP contribution >= 0.6 is 0 Å². The zero-order chi connectivity index (χ0) is 13.6. The van der Waals surface area contributed by atoms with E-state index in [9.17, 15) is 0 Å². The number of ether oxygens (including phenoxy) is 3. The Morgan fingerprint density at radius 2 is 1.89 bits per heavy atom. The highest BCUT2D eigenvalue weighted by Crippen LogP contribution is 2.34. The highest BCUT2D eigenvalue weighted by molar-refractivity contribution is 5.39. The predicted molar refractivity (Wildman–Crippen MR) is 74.9 cm³/mol. The van der Waals surface area contributed by atoms with Crippen molar-refractivity contribution in [3.05, 3.63) is 24.3 Å². The summed E-state index contributed by atoms with van der Waals surface area (Å²) >= 11 is 0. The number of rotatable bonds is 8. The molecule has 106 valence electrons. The molecule has 0 aliphatic heterocycles. The molecular weight excluding hydrogens is 242 g/mol. The number of hydrogen-bond acceptors (Lipinski definition) is 4. The molecule has 4 nitrogen and oxygen atoms in total. The van der Waals surface area contributed by atoms with E-state index in [2.05, 4.69) is 5.32 Å². The van der Waals surface area contributed by atoms with Crippen LogP contribution in [-0.2, 0) is 4.74 Å². The van der Waals surface area contributed by atoms with Gasteiger partial charge < -0.3 is 19.5 Å². The van der Waals surface area contributed by atoms with Gasteiger partial charge in [0.05, 0.1) is 12.7 Å². The average Bonchev–Trinajstić information content (AvgIpc) is 2.41. The molecule has 19 heavy (non-hydrogen) atoms. The van der Waals surface area contributed by atoms with Crippen molar-refractivity contribution >= 4 is 0 Å². The first-order valence-corrected chi connectivity index (χ1v) is 6.81. The van der Waals surface area contributed by atoms with Crippen molar-refractivity contribution < 1.29 is 14.2 Å². The lowest BCUT2D eigenvalue weighted by atomic mass is 9.80. The first-order chi connectivity index (χ1) is 9.29. The summed E-state index contributed by atoms with van der Waals surface area (Å²) in [7, 11) is 3.45. The van der Waals surface area contributed by atoms with Crippen LogP contribution in [0.15, 0.2) is 24.3 Å². The van der Waals surface area contributed by atoms with Gasteiger partial charge in [0.15, 0.2) is 11.5 Å². The van der Waals surface area contributed by atoms with Gasteiger partial charge in [0.2, 0.25) is 0 Å². The molecule has 0 spiro atoms. The summed E-state index contributed by atoms with van der Waals surface area (Å²) in [5, 5.41) is 3.40. The lowest BCUT2D eigenvalue weighted by molar-refractivity contribution is -0.0694. The molecule has 0 radical (unpaired) electrons. The van der Waals surface area contributed by atoms with Crippen LogP contribution in [0.25, 0.3) is 0 Å². The molecule has 1 N–H and O–H groups in total. The maximum Gasteiger partial charge on any atom is 0.161 e. The molecule has 0 saturated heterocycles. The molecule has 2 rings (SSSR count). The fourth-order valence-corrected chi connectivity index (χ4v) is 2.31. The predicted octanol–water partition coefficient (Wildman–Crippen LogP) is 2.23. The Labute approximate surface area is 115 Å². The summed E-state index contributed by atoms with van der Waals surface area (Å²) in [6, 6.07) is 7.70.